The van der Waals surface area contributed by atoms with E-state index in [4.69, 9.17) is 30.8 Å². The van der Waals surface area contributed by atoms with Crippen molar-refractivity contribution >= 4 is 72.8 Å². The Balaban J connectivity index is 0.000000256. The summed E-state index contributed by atoms with van der Waals surface area (Å²) in [6, 6.07) is 78.2. The third-order valence-electron chi connectivity index (χ3n) is 9.59. The first-order valence-electron chi connectivity index (χ1n) is 19.0. The van der Waals surface area contributed by atoms with Gasteiger partial charge in [0, 0.05) is 23.2 Å². The third-order valence-corrected chi connectivity index (χ3v) is 14.6. The van der Waals surface area contributed by atoms with Gasteiger partial charge in [0.2, 0.25) is 0 Å². The van der Waals surface area contributed by atoms with Crippen LogP contribution in [0.3, 0.4) is 0 Å². The van der Waals surface area contributed by atoms with Crippen molar-refractivity contribution in [1.82, 2.24) is 0 Å². The molecule has 296 valence electrons. The Morgan fingerprint density at radius 1 is 0.373 bits per heavy atom. The van der Waals surface area contributed by atoms with E-state index in [0.717, 1.165) is 32.9 Å². The zero-order valence-corrected chi connectivity index (χ0v) is 37.2. The quantitative estimate of drug-likeness (QED) is 0.0772. The summed E-state index contributed by atoms with van der Waals surface area (Å²) in [5, 5.41) is 7.08. The molecule has 0 heterocycles. The van der Waals surface area contributed by atoms with Crippen LogP contribution in [-0.2, 0) is 15.1 Å². The molecule has 2 atom stereocenters. The van der Waals surface area contributed by atoms with Crippen molar-refractivity contribution in [3.05, 3.63) is 253 Å². The number of benzene rings is 8. The average molecular weight is 935 g/mol. The number of ketones is 1. The molecule has 0 aliphatic heterocycles. The van der Waals surface area contributed by atoms with Crippen LogP contribution in [0.4, 0.5) is 0 Å². The summed E-state index contributed by atoms with van der Waals surface area (Å²) in [4.78, 5) is 14.6. The Labute approximate surface area is 366 Å². The van der Waals surface area contributed by atoms with Gasteiger partial charge in [-0.05, 0) is 58.8 Å². The van der Waals surface area contributed by atoms with Crippen LogP contribution in [0.1, 0.15) is 39.1 Å². The number of carbonyl (C=O) groups excluding carboxylic acids is 1. The van der Waals surface area contributed by atoms with E-state index in [1.54, 1.807) is 0 Å². The number of halogens is 2. The minimum absolute atomic E-state index is 0.0740. The van der Waals surface area contributed by atoms with Gasteiger partial charge in [0.15, 0.2) is 5.78 Å². The van der Waals surface area contributed by atoms with Crippen molar-refractivity contribution in [3.8, 4) is 0 Å². The SMILES string of the molecule is N[C@@H](c1ccccc1)[C@@H](N)c1ccccc1.O=C(c1ccccc1P(c1ccccc1)c1ccccc1)c1ccccc1P(c1ccccc1)c1ccccc1.[Cl][Ru][Cl]. The van der Waals surface area contributed by atoms with Crippen LogP contribution >= 0.6 is 35.2 Å². The van der Waals surface area contributed by atoms with E-state index in [0.29, 0.717) is 0 Å². The van der Waals surface area contributed by atoms with Crippen LogP contribution < -0.4 is 43.3 Å². The molecule has 0 aliphatic carbocycles. The maximum absolute atomic E-state index is 14.6. The van der Waals surface area contributed by atoms with Crippen molar-refractivity contribution in [2.24, 2.45) is 11.5 Å². The molecule has 0 radical (unpaired) electrons. The van der Waals surface area contributed by atoms with Gasteiger partial charge in [-0.3, -0.25) is 4.79 Å². The molecule has 4 N–H and O–H groups in total. The molecule has 8 heteroatoms. The summed E-state index contributed by atoms with van der Waals surface area (Å²) in [5.41, 5.74) is 16.0. The van der Waals surface area contributed by atoms with E-state index >= 15 is 0 Å². The third kappa shape index (κ3) is 11.8. The van der Waals surface area contributed by atoms with Crippen LogP contribution in [0.2, 0.25) is 0 Å². The van der Waals surface area contributed by atoms with Crippen molar-refractivity contribution in [3.63, 3.8) is 0 Å². The zero-order valence-electron chi connectivity index (χ0n) is 32.2. The number of hydrogen-bond donors (Lipinski definition) is 2. The Bertz CT molecular complexity index is 2200. The molecule has 8 aromatic carbocycles. The predicted molar refractivity (Wildman–Crippen MR) is 252 cm³/mol. The topological polar surface area (TPSA) is 69.1 Å². The van der Waals surface area contributed by atoms with E-state index in [1.165, 1.54) is 21.2 Å². The standard InChI is InChI=1S/C37H28OP2.C14H16N2.2ClH.Ru/c38-37(33-25-13-15-27-35(33)39(29-17-5-1-6-18-29)30-19-7-2-8-20-30)34-26-14-16-28-36(34)40(31-21-9-3-10-22-31)32-23-11-4-12-24-32;15-13(11-7-3-1-4-8-11)14(16)12-9-5-2-6-10-12;;;/h1-28H;1-10,13-14H,15-16H2;2*1H;/q;;;;+2/p-2/t;13-,14-;;;/m.0.../s1. The number of hydrogen-bond acceptors (Lipinski definition) is 3. The second-order valence-electron chi connectivity index (χ2n) is 13.3. The van der Waals surface area contributed by atoms with E-state index < -0.39 is 15.8 Å². The summed E-state index contributed by atoms with van der Waals surface area (Å²) in [6.45, 7) is 0. The molecule has 0 bridgehead atoms. The molecular formula is C51H44Cl2N2OP2Ru. The van der Waals surface area contributed by atoms with Crippen molar-refractivity contribution in [2.75, 3.05) is 0 Å². The Hall–Kier alpha value is -4.59. The monoisotopic (exact) mass is 934 g/mol. The molecule has 0 spiro atoms. The Morgan fingerprint density at radius 2 is 0.593 bits per heavy atom. The molecule has 0 saturated carbocycles. The van der Waals surface area contributed by atoms with Gasteiger partial charge in [-0.25, -0.2) is 0 Å². The Kier molecular flexibility index (Phi) is 17.3. The van der Waals surface area contributed by atoms with Crippen LogP contribution in [0, 0.1) is 0 Å². The predicted octanol–water partition coefficient (Wildman–Crippen LogP) is 10.2. The zero-order chi connectivity index (χ0) is 41.2. The van der Waals surface area contributed by atoms with Gasteiger partial charge in [0.1, 0.15) is 0 Å². The van der Waals surface area contributed by atoms with Gasteiger partial charge in [-0.2, -0.15) is 0 Å². The first kappa shape index (κ1) is 44.0. The second-order valence-corrected chi connectivity index (χ2v) is 20.3. The van der Waals surface area contributed by atoms with Gasteiger partial charge in [-0.15, -0.1) is 0 Å². The second kappa shape index (κ2) is 23.3. The number of carbonyl (C=O) groups is 1. The summed E-state index contributed by atoms with van der Waals surface area (Å²) in [7, 11) is 7.87. The van der Waals surface area contributed by atoms with Gasteiger partial charge in [-0.1, -0.05) is 231 Å². The first-order chi connectivity index (χ1) is 29.0. The molecule has 0 aliphatic rings. The van der Waals surface area contributed by atoms with E-state index in [-0.39, 0.29) is 33.0 Å². The number of nitrogens with two attached hydrogens (primary N) is 2. The summed E-state index contributed by atoms with van der Waals surface area (Å²) < 4.78 is 0. The van der Waals surface area contributed by atoms with Crippen LogP contribution in [0.25, 0.3) is 0 Å². The van der Waals surface area contributed by atoms with Gasteiger partial charge >= 0.3 is 34.5 Å². The fourth-order valence-corrected chi connectivity index (χ4v) is 11.7. The summed E-state index contributed by atoms with van der Waals surface area (Å²) in [5.74, 6) is 0.0740. The van der Waals surface area contributed by atoms with Gasteiger partial charge < -0.3 is 11.5 Å². The molecule has 0 aromatic heterocycles. The molecule has 0 amide bonds. The van der Waals surface area contributed by atoms with Crippen molar-refractivity contribution < 1.29 is 19.9 Å². The fourth-order valence-electron chi connectivity index (χ4n) is 6.79. The van der Waals surface area contributed by atoms with Crippen LogP contribution in [0.5, 0.6) is 0 Å². The molecule has 8 rings (SSSR count). The minimum atomic E-state index is -0.918. The fraction of sp³-hybridized carbons (Fsp3) is 0.0392. The van der Waals surface area contributed by atoms with Crippen LogP contribution in [0.15, 0.2) is 231 Å². The molecule has 0 saturated heterocycles. The molecule has 0 fully saturated rings. The molecule has 59 heavy (non-hydrogen) atoms. The van der Waals surface area contributed by atoms with E-state index in [1.807, 2.05) is 109 Å². The van der Waals surface area contributed by atoms with Gasteiger partial charge in [0.05, 0.1) is 0 Å². The first-order valence-corrected chi connectivity index (χ1v) is 26.2. The summed E-state index contributed by atoms with van der Waals surface area (Å²) >= 11 is -0.346. The molecule has 8 aromatic rings. The van der Waals surface area contributed by atoms with E-state index in [9.17, 15) is 4.79 Å². The van der Waals surface area contributed by atoms with Gasteiger partial charge in [0.25, 0.3) is 0 Å². The number of rotatable bonds is 11. The summed E-state index contributed by atoms with van der Waals surface area (Å²) in [6.07, 6.45) is 0. The molecule has 0 unspecified atom stereocenters. The Morgan fingerprint density at radius 3 is 0.864 bits per heavy atom. The average Bonchev–Trinajstić information content (AvgIpc) is 3.31. The van der Waals surface area contributed by atoms with E-state index in [2.05, 4.69) is 121 Å². The normalized spacial score (nSPS) is 11.8. The van der Waals surface area contributed by atoms with Crippen molar-refractivity contribution in [1.29, 1.82) is 0 Å². The maximum atomic E-state index is 14.6. The molecular weight excluding hydrogens is 890 g/mol. The van der Waals surface area contributed by atoms with Crippen molar-refractivity contribution in [2.45, 2.75) is 12.1 Å². The van der Waals surface area contributed by atoms with Crippen LogP contribution in [-0.4, -0.2) is 5.78 Å². The molecule has 3 nitrogen and oxygen atoms in total.